The van der Waals surface area contributed by atoms with Gasteiger partial charge in [-0.15, -0.1) is 10.2 Å². The first-order valence-corrected chi connectivity index (χ1v) is 5.62. The van der Waals surface area contributed by atoms with Gasteiger partial charge in [0.05, 0.1) is 0 Å². The van der Waals surface area contributed by atoms with Crippen LogP contribution in [0, 0.1) is 5.92 Å². The number of nitrogens with zero attached hydrogens (tertiary/aromatic N) is 3. The van der Waals surface area contributed by atoms with Gasteiger partial charge < -0.3 is 10.3 Å². The zero-order valence-corrected chi connectivity index (χ0v) is 10.2. The van der Waals surface area contributed by atoms with Gasteiger partial charge in [-0.25, -0.2) is 0 Å². The van der Waals surface area contributed by atoms with Crippen LogP contribution in [0.15, 0.2) is 6.33 Å². The summed E-state index contributed by atoms with van der Waals surface area (Å²) in [5.74, 6) is 1.61. The predicted molar refractivity (Wildman–Crippen MR) is 61.6 cm³/mol. The van der Waals surface area contributed by atoms with Gasteiger partial charge in [0.15, 0.2) is 0 Å². The van der Waals surface area contributed by atoms with Crippen LogP contribution in [0.25, 0.3) is 0 Å². The zero-order valence-electron chi connectivity index (χ0n) is 10.2. The average Bonchev–Trinajstić information content (AvgIpc) is 2.64. The summed E-state index contributed by atoms with van der Waals surface area (Å²) in [5, 5.41) is 8.21. The van der Waals surface area contributed by atoms with E-state index in [0.29, 0.717) is 12.5 Å². The Balaban J connectivity index is 2.98. The molecule has 4 heteroatoms. The van der Waals surface area contributed by atoms with Crippen LogP contribution in [0.5, 0.6) is 0 Å². The number of hydrogen-bond acceptors (Lipinski definition) is 3. The fourth-order valence-corrected chi connectivity index (χ4v) is 1.64. The van der Waals surface area contributed by atoms with E-state index in [-0.39, 0.29) is 5.41 Å². The van der Waals surface area contributed by atoms with Crippen LogP contribution in [-0.2, 0) is 12.0 Å². The van der Waals surface area contributed by atoms with E-state index < -0.39 is 0 Å². The van der Waals surface area contributed by atoms with Crippen molar-refractivity contribution in [3.05, 3.63) is 12.2 Å². The van der Waals surface area contributed by atoms with E-state index in [1.807, 2.05) is 0 Å². The van der Waals surface area contributed by atoms with E-state index in [1.54, 1.807) is 6.33 Å². The molecule has 15 heavy (non-hydrogen) atoms. The Morgan fingerprint density at radius 1 is 1.53 bits per heavy atom. The van der Waals surface area contributed by atoms with Crippen LogP contribution in [0.3, 0.4) is 0 Å². The van der Waals surface area contributed by atoms with Gasteiger partial charge in [0.25, 0.3) is 0 Å². The fraction of sp³-hybridized carbons (Fsp3) is 0.818. The molecule has 1 aromatic heterocycles. The van der Waals surface area contributed by atoms with E-state index in [0.717, 1.165) is 18.8 Å². The van der Waals surface area contributed by atoms with Crippen molar-refractivity contribution in [1.29, 1.82) is 0 Å². The second-order valence-corrected chi connectivity index (χ2v) is 4.82. The first kappa shape index (κ1) is 12.2. The summed E-state index contributed by atoms with van der Waals surface area (Å²) in [6, 6.07) is 0. The van der Waals surface area contributed by atoms with Gasteiger partial charge in [0.2, 0.25) is 0 Å². The standard InChI is InChI=1S/C11H22N4/c1-5-11(4,7-12)10-14-13-8-15(10)6-9(2)3/h8-9H,5-7,12H2,1-4H3. The van der Waals surface area contributed by atoms with E-state index in [2.05, 4.69) is 42.5 Å². The summed E-state index contributed by atoms with van der Waals surface area (Å²) < 4.78 is 2.13. The highest BCUT2D eigenvalue weighted by Crippen LogP contribution is 2.24. The van der Waals surface area contributed by atoms with Crippen molar-refractivity contribution in [2.45, 2.75) is 46.1 Å². The van der Waals surface area contributed by atoms with E-state index in [1.165, 1.54) is 0 Å². The lowest BCUT2D eigenvalue weighted by Gasteiger charge is -2.26. The molecule has 1 aromatic rings. The lowest BCUT2D eigenvalue weighted by Crippen LogP contribution is -2.34. The molecule has 0 saturated carbocycles. The maximum absolute atomic E-state index is 5.83. The number of hydrogen-bond donors (Lipinski definition) is 1. The molecule has 1 heterocycles. The highest BCUT2D eigenvalue weighted by atomic mass is 15.3. The van der Waals surface area contributed by atoms with Crippen molar-refractivity contribution in [3.8, 4) is 0 Å². The normalized spacial score (nSPS) is 15.6. The predicted octanol–water partition coefficient (Wildman–Crippen LogP) is 1.56. The van der Waals surface area contributed by atoms with Gasteiger partial charge in [-0.1, -0.05) is 27.7 Å². The van der Waals surface area contributed by atoms with Crippen LogP contribution < -0.4 is 5.73 Å². The Hall–Kier alpha value is -0.900. The van der Waals surface area contributed by atoms with Gasteiger partial charge in [-0.2, -0.15) is 0 Å². The minimum absolute atomic E-state index is 0.0502. The van der Waals surface area contributed by atoms with Crippen LogP contribution in [0.1, 0.15) is 39.9 Å². The Morgan fingerprint density at radius 3 is 2.67 bits per heavy atom. The molecule has 0 amide bonds. The Bertz CT molecular complexity index is 299. The molecule has 0 radical (unpaired) electrons. The second kappa shape index (κ2) is 4.75. The fourth-order valence-electron chi connectivity index (χ4n) is 1.64. The third-order valence-corrected chi connectivity index (χ3v) is 2.95. The van der Waals surface area contributed by atoms with Gasteiger partial charge >= 0.3 is 0 Å². The van der Waals surface area contributed by atoms with Crippen molar-refractivity contribution < 1.29 is 0 Å². The molecule has 86 valence electrons. The van der Waals surface area contributed by atoms with Crippen molar-refractivity contribution in [1.82, 2.24) is 14.8 Å². The highest BCUT2D eigenvalue weighted by Gasteiger charge is 2.28. The summed E-state index contributed by atoms with van der Waals surface area (Å²) >= 11 is 0. The lowest BCUT2D eigenvalue weighted by molar-refractivity contribution is 0.395. The van der Waals surface area contributed by atoms with Crippen molar-refractivity contribution in [3.63, 3.8) is 0 Å². The van der Waals surface area contributed by atoms with Gasteiger partial charge in [0.1, 0.15) is 12.2 Å². The van der Waals surface area contributed by atoms with E-state index >= 15 is 0 Å². The molecule has 0 fully saturated rings. The first-order chi connectivity index (χ1) is 7.03. The topological polar surface area (TPSA) is 56.7 Å². The first-order valence-electron chi connectivity index (χ1n) is 5.62. The number of nitrogens with two attached hydrogens (primary N) is 1. The van der Waals surface area contributed by atoms with Crippen LogP contribution in [-0.4, -0.2) is 21.3 Å². The largest absolute Gasteiger partial charge is 0.329 e. The maximum Gasteiger partial charge on any atom is 0.140 e. The summed E-state index contributed by atoms with van der Waals surface area (Å²) in [5.41, 5.74) is 5.78. The molecule has 0 aliphatic rings. The Morgan fingerprint density at radius 2 is 2.20 bits per heavy atom. The molecule has 1 unspecified atom stereocenters. The summed E-state index contributed by atoms with van der Waals surface area (Å²) in [6.07, 6.45) is 2.79. The zero-order chi connectivity index (χ0) is 11.5. The molecule has 0 saturated heterocycles. The molecular weight excluding hydrogens is 188 g/mol. The molecule has 0 aliphatic heterocycles. The third kappa shape index (κ3) is 2.56. The lowest BCUT2D eigenvalue weighted by atomic mass is 9.86. The molecule has 1 rings (SSSR count). The quantitative estimate of drug-likeness (QED) is 0.802. The third-order valence-electron chi connectivity index (χ3n) is 2.95. The molecule has 0 bridgehead atoms. The van der Waals surface area contributed by atoms with Crippen molar-refractivity contribution >= 4 is 0 Å². The monoisotopic (exact) mass is 210 g/mol. The number of rotatable bonds is 5. The molecule has 4 nitrogen and oxygen atoms in total. The molecule has 0 aliphatic carbocycles. The maximum atomic E-state index is 5.83. The van der Waals surface area contributed by atoms with E-state index in [4.69, 9.17) is 5.73 Å². The number of aromatic nitrogens is 3. The average molecular weight is 210 g/mol. The van der Waals surface area contributed by atoms with Crippen molar-refractivity contribution in [2.75, 3.05) is 6.54 Å². The van der Waals surface area contributed by atoms with E-state index in [9.17, 15) is 0 Å². The molecule has 0 aromatic carbocycles. The summed E-state index contributed by atoms with van der Waals surface area (Å²) in [7, 11) is 0. The van der Waals surface area contributed by atoms with Gasteiger partial charge in [0, 0.05) is 18.5 Å². The van der Waals surface area contributed by atoms with Gasteiger partial charge in [-0.05, 0) is 12.3 Å². The van der Waals surface area contributed by atoms with Crippen molar-refractivity contribution in [2.24, 2.45) is 11.7 Å². The Kier molecular flexibility index (Phi) is 3.85. The van der Waals surface area contributed by atoms with Gasteiger partial charge in [-0.3, -0.25) is 0 Å². The van der Waals surface area contributed by atoms with Crippen LogP contribution in [0.2, 0.25) is 0 Å². The van der Waals surface area contributed by atoms with Crippen LogP contribution in [0.4, 0.5) is 0 Å². The minimum atomic E-state index is -0.0502. The smallest absolute Gasteiger partial charge is 0.140 e. The van der Waals surface area contributed by atoms with Crippen LogP contribution >= 0.6 is 0 Å². The molecular formula is C11H22N4. The second-order valence-electron chi connectivity index (χ2n) is 4.82. The molecule has 2 N–H and O–H groups in total. The Labute approximate surface area is 91.9 Å². The molecule has 0 spiro atoms. The molecule has 1 atom stereocenters. The highest BCUT2D eigenvalue weighted by molar-refractivity contribution is 5.06. The summed E-state index contributed by atoms with van der Waals surface area (Å²) in [6.45, 7) is 10.2. The minimum Gasteiger partial charge on any atom is -0.329 e. The SMILES string of the molecule is CCC(C)(CN)c1nncn1CC(C)C. The summed E-state index contributed by atoms with van der Waals surface area (Å²) in [4.78, 5) is 0.